The van der Waals surface area contributed by atoms with Crippen molar-refractivity contribution < 1.29 is 4.79 Å². The number of nitrogens with one attached hydrogen (secondary N) is 1. The minimum atomic E-state index is -0.232. The Morgan fingerprint density at radius 3 is 2.37 bits per heavy atom. The van der Waals surface area contributed by atoms with E-state index < -0.39 is 0 Å². The average molecular weight is 269 g/mol. The first-order chi connectivity index (χ1) is 8.86. The van der Waals surface area contributed by atoms with Crippen molar-refractivity contribution >= 4 is 5.91 Å². The third-order valence-electron chi connectivity index (χ3n) is 4.53. The molecule has 112 valence electrons. The van der Waals surface area contributed by atoms with E-state index in [2.05, 4.69) is 24.1 Å². The lowest BCUT2D eigenvalue weighted by Crippen LogP contribution is -2.47. The highest BCUT2D eigenvalue weighted by Crippen LogP contribution is 2.33. The standard InChI is InChI=1S/C15H31N3O/c1-5-15(4)7-10-18(11-8-15)9-6-13(14(16)19)17-12(2)3/h12-13,17H,5-11H2,1-4H3,(H2,16,19). The zero-order chi connectivity index (χ0) is 14.5. The lowest BCUT2D eigenvalue weighted by molar-refractivity contribution is -0.120. The second-order valence-corrected chi connectivity index (χ2v) is 6.57. The molecule has 0 bridgehead atoms. The predicted molar refractivity (Wildman–Crippen MR) is 79.9 cm³/mol. The van der Waals surface area contributed by atoms with Gasteiger partial charge in [-0.3, -0.25) is 4.79 Å². The fourth-order valence-electron chi connectivity index (χ4n) is 2.69. The van der Waals surface area contributed by atoms with E-state index in [-0.39, 0.29) is 11.9 Å². The van der Waals surface area contributed by atoms with Crippen LogP contribution in [0.2, 0.25) is 0 Å². The van der Waals surface area contributed by atoms with E-state index in [1.165, 1.54) is 19.3 Å². The summed E-state index contributed by atoms with van der Waals surface area (Å²) < 4.78 is 0. The third kappa shape index (κ3) is 5.49. The van der Waals surface area contributed by atoms with Gasteiger partial charge >= 0.3 is 0 Å². The molecule has 1 aliphatic heterocycles. The largest absolute Gasteiger partial charge is 0.368 e. The summed E-state index contributed by atoms with van der Waals surface area (Å²) in [5.74, 6) is -0.232. The van der Waals surface area contributed by atoms with Gasteiger partial charge in [0.1, 0.15) is 0 Å². The van der Waals surface area contributed by atoms with Crippen molar-refractivity contribution in [3.05, 3.63) is 0 Å². The van der Waals surface area contributed by atoms with Crippen molar-refractivity contribution in [3.63, 3.8) is 0 Å². The number of carbonyl (C=O) groups is 1. The lowest BCUT2D eigenvalue weighted by Gasteiger charge is -2.39. The van der Waals surface area contributed by atoms with E-state index in [1.54, 1.807) is 0 Å². The van der Waals surface area contributed by atoms with E-state index >= 15 is 0 Å². The van der Waals surface area contributed by atoms with Gasteiger partial charge in [0.05, 0.1) is 6.04 Å². The van der Waals surface area contributed by atoms with Crippen LogP contribution >= 0.6 is 0 Å². The van der Waals surface area contributed by atoms with Gasteiger partial charge in [-0.05, 0) is 37.8 Å². The summed E-state index contributed by atoms with van der Waals surface area (Å²) in [5.41, 5.74) is 5.97. The number of nitrogens with zero attached hydrogens (tertiary/aromatic N) is 1. The molecular formula is C15H31N3O. The highest BCUT2D eigenvalue weighted by Gasteiger charge is 2.28. The molecule has 0 aromatic rings. The van der Waals surface area contributed by atoms with Crippen LogP contribution in [0, 0.1) is 5.41 Å². The summed E-state index contributed by atoms with van der Waals surface area (Å²) in [6.07, 6.45) is 4.61. The molecule has 19 heavy (non-hydrogen) atoms. The smallest absolute Gasteiger partial charge is 0.234 e. The number of carbonyl (C=O) groups excluding carboxylic acids is 1. The zero-order valence-corrected chi connectivity index (χ0v) is 13.0. The van der Waals surface area contributed by atoms with Crippen LogP contribution in [0.25, 0.3) is 0 Å². The van der Waals surface area contributed by atoms with Gasteiger partial charge in [-0.25, -0.2) is 0 Å². The van der Waals surface area contributed by atoms with Crippen molar-refractivity contribution in [3.8, 4) is 0 Å². The molecule has 1 saturated heterocycles. The molecule has 1 atom stereocenters. The second kappa shape index (κ2) is 7.25. The Bertz CT molecular complexity index is 283. The molecule has 1 heterocycles. The number of primary amides is 1. The molecule has 3 N–H and O–H groups in total. The van der Waals surface area contributed by atoms with Gasteiger partial charge in [0.25, 0.3) is 0 Å². The van der Waals surface area contributed by atoms with Crippen molar-refractivity contribution in [2.75, 3.05) is 19.6 Å². The van der Waals surface area contributed by atoms with Crippen LogP contribution in [0.5, 0.6) is 0 Å². The Morgan fingerprint density at radius 2 is 1.95 bits per heavy atom. The average Bonchev–Trinajstić information content (AvgIpc) is 2.36. The highest BCUT2D eigenvalue weighted by molar-refractivity contribution is 5.79. The van der Waals surface area contributed by atoms with Crippen LogP contribution < -0.4 is 11.1 Å². The summed E-state index contributed by atoms with van der Waals surface area (Å²) in [6, 6.07) is 0.0988. The van der Waals surface area contributed by atoms with Crippen molar-refractivity contribution in [1.82, 2.24) is 10.2 Å². The molecule has 1 fully saturated rings. The van der Waals surface area contributed by atoms with Gasteiger partial charge in [-0.1, -0.05) is 34.1 Å². The first kappa shape index (κ1) is 16.4. The Balaban J connectivity index is 2.34. The lowest BCUT2D eigenvalue weighted by atomic mass is 9.78. The summed E-state index contributed by atoms with van der Waals surface area (Å²) in [5, 5.41) is 3.25. The van der Waals surface area contributed by atoms with Gasteiger partial charge in [0.2, 0.25) is 5.91 Å². The van der Waals surface area contributed by atoms with Crippen LogP contribution in [0.15, 0.2) is 0 Å². The number of nitrogens with two attached hydrogens (primary N) is 1. The van der Waals surface area contributed by atoms with Gasteiger partial charge < -0.3 is 16.0 Å². The maximum Gasteiger partial charge on any atom is 0.234 e. The van der Waals surface area contributed by atoms with Crippen LogP contribution in [-0.2, 0) is 4.79 Å². The van der Waals surface area contributed by atoms with Crippen molar-refractivity contribution in [2.45, 2.75) is 65.5 Å². The summed E-state index contributed by atoms with van der Waals surface area (Å²) in [7, 11) is 0. The molecule has 0 aliphatic carbocycles. The Morgan fingerprint density at radius 1 is 1.37 bits per heavy atom. The molecule has 0 radical (unpaired) electrons. The van der Waals surface area contributed by atoms with Gasteiger partial charge in [-0.2, -0.15) is 0 Å². The maximum atomic E-state index is 11.4. The second-order valence-electron chi connectivity index (χ2n) is 6.57. The monoisotopic (exact) mass is 269 g/mol. The van der Waals surface area contributed by atoms with E-state index in [0.717, 1.165) is 26.1 Å². The Kier molecular flexibility index (Phi) is 6.27. The van der Waals surface area contributed by atoms with Crippen molar-refractivity contribution in [1.29, 1.82) is 0 Å². The Hall–Kier alpha value is -0.610. The molecule has 0 aromatic heterocycles. The topological polar surface area (TPSA) is 58.4 Å². The minimum Gasteiger partial charge on any atom is -0.368 e. The molecular weight excluding hydrogens is 238 g/mol. The molecule has 0 saturated carbocycles. The van der Waals surface area contributed by atoms with Crippen molar-refractivity contribution in [2.24, 2.45) is 11.1 Å². The summed E-state index contributed by atoms with van der Waals surface area (Å²) in [6.45, 7) is 12.0. The fourth-order valence-corrected chi connectivity index (χ4v) is 2.69. The first-order valence-electron chi connectivity index (χ1n) is 7.64. The Labute approximate surface area is 118 Å². The fraction of sp³-hybridized carbons (Fsp3) is 0.933. The van der Waals surface area contributed by atoms with E-state index in [9.17, 15) is 4.79 Å². The number of rotatable bonds is 7. The number of piperidine rings is 1. The van der Waals surface area contributed by atoms with E-state index in [4.69, 9.17) is 5.73 Å². The van der Waals surface area contributed by atoms with Gasteiger partial charge in [-0.15, -0.1) is 0 Å². The minimum absolute atomic E-state index is 0.195. The summed E-state index contributed by atoms with van der Waals surface area (Å²) >= 11 is 0. The molecule has 0 spiro atoms. The molecule has 1 unspecified atom stereocenters. The highest BCUT2D eigenvalue weighted by atomic mass is 16.1. The SMILES string of the molecule is CCC1(C)CCN(CCC(NC(C)C)C(N)=O)CC1. The predicted octanol–water partition coefficient (Wildman–Crippen LogP) is 1.74. The first-order valence-corrected chi connectivity index (χ1v) is 7.64. The number of hydrogen-bond donors (Lipinski definition) is 2. The normalized spacial score (nSPS) is 21.5. The maximum absolute atomic E-state index is 11.4. The molecule has 0 aromatic carbocycles. The van der Waals surface area contributed by atoms with Gasteiger partial charge in [0, 0.05) is 12.6 Å². The quantitative estimate of drug-likeness (QED) is 0.740. The molecule has 1 aliphatic rings. The van der Waals surface area contributed by atoms with Crippen LogP contribution in [0.4, 0.5) is 0 Å². The molecule has 4 nitrogen and oxygen atoms in total. The number of amides is 1. The molecule has 1 rings (SSSR count). The van der Waals surface area contributed by atoms with Gasteiger partial charge in [0.15, 0.2) is 0 Å². The summed E-state index contributed by atoms with van der Waals surface area (Å²) in [4.78, 5) is 13.9. The van der Waals surface area contributed by atoms with Crippen LogP contribution in [0.3, 0.4) is 0 Å². The third-order valence-corrected chi connectivity index (χ3v) is 4.53. The van der Waals surface area contributed by atoms with E-state index in [0.29, 0.717) is 11.5 Å². The molecule has 1 amide bonds. The van der Waals surface area contributed by atoms with E-state index in [1.807, 2.05) is 13.8 Å². The number of likely N-dealkylation sites (tertiary alicyclic amines) is 1. The zero-order valence-electron chi connectivity index (χ0n) is 13.0. The number of hydrogen-bond acceptors (Lipinski definition) is 3. The van der Waals surface area contributed by atoms with Crippen LogP contribution in [0.1, 0.15) is 53.4 Å². The van der Waals surface area contributed by atoms with Crippen LogP contribution in [-0.4, -0.2) is 42.5 Å². The molecule has 4 heteroatoms.